The highest BCUT2D eigenvalue weighted by Crippen LogP contribution is 2.32. The van der Waals surface area contributed by atoms with E-state index in [1.807, 2.05) is 18.2 Å². The third-order valence-electron chi connectivity index (χ3n) is 4.71. The lowest BCUT2D eigenvalue weighted by molar-refractivity contribution is -0.129. The van der Waals surface area contributed by atoms with Crippen molar-refractivity contribution in [3.8, 4) is 0 Å². The molecule has 0 aromatic heterocycles. The molecule has 2 rings (SSSR count). The predicted octanol–water partition coefficient (Wildman–Crippen LogP) is 1.75. The van der Waals surface area contributed by atoms with Gasteiger partial charge in [-0.15, -0.1) is 0 Å². The van der Waals surface area contributed by atoms with Gasteiger partial charge in [0.2, 0.25) is 15.9 Å². The first-order chi connectivity index (χ1) is 10.8. The molecule has 0 N–H and O–H groups in total. The highest BCUT2D eigenvalue weighted by molar-refractivity contribution is 7.89. The maximum atomic E-state index is 12.4. The summed E-state index contributed by atoms with van der Waals surface area (Å²) < 4.78 is 24.9. The molecule has 0 heterocycles. The summed E-state index contributed by atoms with van der Waals surface area (Å²) in [5.41, 5.74) is 1.27. The largest absolute Gasteiger partial charge is 0.342 e. The zero-order chi connectivity index (χ0) is 17.0. The van der Waals surface area contributed by atoms with E-state index < -0.39 is 15.8 Å². The van der Waals surface area contributed by atoms with Crippen LogP contribution in [-0.2, 0) is 21.2 Å². The van der Waals surface area contributed by atoms with Crippen molar-refractivity contribution in [2.45, 2.75) is 31.7 Å². The van der Waals surface area contributed by atoms with Crippen LogP contribution in [0, 0.1) is 5.92 Å². The minimum absolute atomic E-state index is 0.125. The standard InChI is InChI=1S/C17H26N2O3S/c1-18(2)23(21,22)13-17(20)19(3)16-11-7-10-15(16)12-14-8-5-4-6-9-14/h4-6,8-9,15-16H,7,10-13H2,1-3H3/t15-,16-/m0/s1. The highest BCUT2D eigenvalue weighted by Gasteiger charge is 2.34. The van der Waals surface area contributed by atoms with Gasteiger partial charge in [0.15, 0.2) is 0 Å². The number of hydrogen-bond acceptors (Lipinski definition) is 3. The number of rotatable bonds is 6. The van der Waals surface area contributed by atoms with Gasteiger partial charge in [0.05, 0.1) is 0 Å². The van der Waals surface area contributed by atoms with Crippen molar-refractivity contribution in [1.29, 1.82) is 0 Å². The lowest BCUT2D eigenvalue weighted by atomic mass is 9.94. The van der Waals surface area contributed by atoms with Crippen molar-refractivity contribution in [1.82, 2.24) is 9.21 Å². The van der Waals surface area contributed by atoms with Crippen molar-refractivity contribution in [3.05, 3.63) is 35.9 Å². The molecule has 5 nitrogen and oxygen atoms in total. The molecule has 0 saturated heterocycles. The van der Waals surface area contributed by atoms with E-state index in [0.29, 0.717) is 5.92 Å². The zero-order valence-electron chi connectivity index (χ0n) is 14.1. The van der Waals surface area contributed by atoms with Crippen LogP contribution in [0.2, 0.25) is 0 Å². The predicted molar refractivity (Wildman–Crippen MR) is 91.5 cm³/mol. The summed E-state index contributed by atoms with van der Waals surface area (Å²) in [7, 11) is 1.14. The summed E-state index contributed by atoms with van der Waals surface area (Å²) in [5.74, 6) is -0.373. The van der Waals surface area contributed by atoms with E-state index in [2.05, 4.69) is 12.1 Å². The molecule has 2 atom stereocenters. The lowest BCUT2D eigenvalue weighted by Gasteiger charge is -2.30. The van der Waals surface area contributed by atoms with E-state index in [1.165, 1.54) is 19.7 Å². The molecule has 0 bridgehead atoms. The molecule has 23 heavy (non-hydrogen) atoms. The Hall–Kier alpha value is -1.40. The normalized spacial score (nSPS) is 21.6. The first kappa shape index (κ1) is 17.9. The number of amides is 1. The summed E-state index contributed by atoms with van der Waals surface area (Å²) >= 11 is 0. The molecule has 0 radical (unpaired) electrons. The second-order valence-corrected chi connectivity index (χ2v) is 8.67. The minimum Gasteiger partial charge on any atom is -0.342 e. The van der Waals surface area contributed by atoms with E-state index in [1.54, 1.807) is 11.9 Å². The quantitative estimate of drug-likeness (QED) is 0.794. The Kier molecular flexibility index (Phi) is 5.81. The second-order valence-electron chi connectivity index (χ2n) is 6.49. The summed E-state index contributed by atoms with van der Waals surface area (Å²) in [5, 5.41) is 0. The number of sulfonamides is 1. The first-order valence-electron chi connectivity index (χ1n) is 8.01. The molecule has 1 aliphatic carbocycles. The average molecular weight is 338 g/mol. The van der Waals surface area contributed by atoms with E-state index in [9.17, 15) is 13.2 Å². The Morgan fingerprint density at radius 3 is 2.39 bits per heavy atom. The number of carbonyl (C=O) groups excluding carboxylic acids is 1. The summed E-state index contributed by atoms with van der Waals surface area (Å²) in [6.07, 6.45) is 4.04. The van der Waals surface area contributed by atoms with Crippen LogP contribution in [0.3, 0.4) is 0 Å². The maximum absolute atomic E-state index is 12.4. The molecule has 1 aliphatic rings. The van der Waals surface area contributed by atoms with Gasteiger partial charge in [-0.1, -0.05) is 36.8 Å². The second kappa shape index (κ2) is 7.45. The molecule has 0 unspecified atom stereocenters. The van der Waals surface area contributed by atoms with Crippen molar-refractivity contribution in [2.24, 2.45) is 5.92 Å². The first-order valence-corrected chi connectivity index (χ1v) is 9.62. The van der Waals surface area contributed by atoms with Crippen LogP contribution in [0.5, 0.6) is 0 Å². The van der Waals surface area contributed by atoms with E-state index in [0.717, 1.165) is 30.0 Å². The summed E-state index contributed by atoms with van der Waals surface area (Å²) in [4.78, 5) is 14.0. The van der Waals surface area contributed by atoms with E-state index >= 15 is 0 Å². The Bertz CT molecular complexity index is 628. The number of nitrogens with zero attached hydrogens (tertiary/aromatic N) is 2. The monoisotopic (exact) mass is 338 g/mol. The van der Waals surface area contributed by atoms with Crippen LogP contribution in [0.25, 0.3) is 0 Å². The van der Waals surface area contributed by atoms with Gasteiger partial charge in [0.1, 0.15) is 5.75 Å². The molecule has 1 fully saturated rings. The fourth-order valence-corrected chi connectivity index (χ4v) is 4.03. The number of benzene rings is 1. The summed E-state index contributed by atoms with van der Waals surface area (Å²) in [6.45, 7) is 0. The molecule has 1 aromatic carbocycles. The van der Waals surface area contributed by atoms with Gasteiger partial charge in [-0.05, 0) is 30.7 Å². The van der Waals surface area contributed by atoms with Crippen molar-refractivity contribution in [3.63, 3.8) is 0 Å². The summed E-state index contributed by atoms with van der Waals surface area (Å²) in [6, 6.07) is 10.4. The van der Waals surface area contributed by atoms with Gasteiger partial charge in [-0.2, -0.15) is 0 Å². The third-order valence-corrected chi connectivity index (χ3v) is 6.44. The maximum Gasteiger partial charge on any atom is 0.239 e. The molecular weight excluding hydrogens is 312 g/mol. The third kappa shape index (κ3) is 4.54. The Morgan fingerprint density at radius 1 is 1.13 bits per heavy atom. The Labute approximate surface area is 139 Å². The fraction of sp³-hybridized carbons (Fsp3) is 0.588. The average Bonchev–Trinajstić information content (AvgIpc) is 2.95. The molecule has 1 amide bonds. The van der Waals surface area contributed by atoms with Crippen LogP contribution in [0.4, 0.5) is 0 Å². The van der Waals surface area contributed by atoms with Crippen molar-refractivity contribution >= 4 is 15.9 Å². The lowest BCUT2D eigenvalue weighted by Crippen LogP contribution is -2.44. The number of hydrogen-bond donors (Lipinski definition) is 0. The SMILES string of the molecule is CN(C(=O)CS(=O)(=O)N(C)C)[C@H]1CCC[C@H]1Cc1ccccc1. The van der Waals surface area contributed by atoms with E-state index in [4.69, 9.17) is 0 Å². The van der Waals surface area contributed by atoms with Crippen molar-refractivity contribution in [2.75, 3.05) is 26.9 Å². The molecule has 1 saturated carbocycles. The van der Waals surface area contributed by atoms with Gasteiger partial charge in [0.25, 0.3) is 0 Å². The fourth-order valence-electron chi connectivity index (χ4n) is 3.25. The van der Waals surface area contributed by atoms with Gasteiger partial charge in [-0.25, -0.2) is 12.7 Å². The van der Waals surface area contributed by atoms with Gasteiger partial charge in [0, 0.05) is 27.2 Å². The van der Waals surface area contributed by atoms with Crippen LogP contribution in [0.1, 0.15) is 24.8 Å². The van der Waals surface area contributed by atoms with Crippen LogP contribution in [0.15, 0.2) is 30.3 Å². The highest BCUT2D eigenvalue weighted by atomic mass is 32.2. The molecule has 0 aliphatic heterocycles. The molecule has 1 aromatic rings. The Balaban J connectivity index is 2.02. The molecular formula is C17H26N2O3S. The molecule has 0 spiro atoms. The topological polar surface area (TPSA) is 57.7 Å². The van der Waals surface area contributed by atoms with E-state index in [-0.39, 0.29) is 11.9 Å². The van der Waals surface area contributed by atoms with Crippen LogP contribution >= 0.6 is 0 Å². The smallest absolute Gasteiger partial charge is 0.239 e. The van der Waals surface area contributed by atoms with Crippen LogP contribution in [-0.4, -0.2) is 56.5 Å². The van der Waals surface area contributed by atoms with Gasteiger partial charge >= 0.3 is 0 Å². The van der Waals surface area contributed by atoms with Crippen LogP contribution < -0.4 is 0 Å². The van der Waals surface area contributed by atoms with Gasteiger partial charge < -0.3 is 4.90 Å². The molecule has 6 heteroatoms. The zero-order valence-corrected chi connectivity index (χ0v) is 14.9. The molecule has 128 valence electrons. The van der Waals surface area contributed by atoms with Crippen molar-refractivity contribution < 1.29 is 13.2 Å². The Morgan fingerprint density at radius 2 is 1.78 bits per heavy atom. The minimum atomic E-state index is -3.51. The number of carbonyl (C=O) groups is 1. The van der Waals surface area contributed by atoms with Gasteiger partial charge in [-0.3, -0.25) is 4.79 Å².